The van der Waals surface area contributed by atoms with Crippen molar-refractivity contribution in [2.24, 2.45) is 7.05 Å². The van der Waals surface area contributed by atoms with Gasteiger partial charge in [0.05, 0.1) is 17.7 Å². The molecule has 0 aliphatic carbocycles. The maximum absolute atomic E-state index is 13.0. The molecule has 0 aliphatic rings. The Kier molecular flexibility index (Phi) is 5.30. The van der Waals surface area contributed by atoms with Gasteiger partial charge in [0.1, 0.15) is 5.69 Å². The highest BCUT2D eigenvalue weighted by molar-refractivity contribution is 5.95. The lowest BCUT2D eigenvalue weighted by atomic mass is 10.1. The first-order chi connectivity index (χ1) is 13.3. The second-order valence-corrected chi connectivity index (χ2v) is 5.90. The Morgan fingerprint density at radius 3 is 2.54 bits per heavy atom. The molecule has 3 aromatic rings. The number of nitrogens with one attached hydrogen (secondary N) is 1. The summed E-state index contributed by atoms with van der Waals surface area (Å²) in [5.41, 5.74) is -1.41. The van der Waals surface area contributed by atoms with Gasteiger partial charge in [-0.3, -0.25) is 14.3 Å². The van der Waals surface area contributed by atoms with Gasteiger partial charge in [0, 0.05) is 19.8 Å². The van der Waals surface area contributed by atoms with Gasteiger partial charge >= 0.3 is 11.9 Å². The molecule has 0 bridgehead atoms. The minimum absolute atomic E-state index is 0.000564. The predicted molar refractivity (Wildman–Crippen MR) is 94.5 cm³/mol. The van der Waals surface area contributed by atoms with Gasteiger partial charge in [0.15, 0.2) is 5.82 Å². The molecule has 1 N–H and O–H groups in total. The van der Waals surface area contributed by atoms with E-state index in [1.807, 2.05) is 0 Å². The van der Waals surface area contributed by atoms with E-state index in [-0.39, 0.29) is 13.1 Å². The highest BCUT2D eigenvalue weighted by atomic mass is 19.4. The topological polar surface area (TPSA) is 81.8 Å². The number of carbonyl (C=O) groups excluding carboxylic acids is 1. The summed E-state index contributed by atoms with van der Waals surface area (Å²) in [5, 5.41) is 6.57. The molecule has 0 radical (unpaired) electrons. The summed E-state index contributed by atoms with van der Waals surface area (Å²) >= 11 is 0. The van der Waals surface area contributed by atoms with Gasteiger partial charge in [-0.2, -0.15) is 13.2 Å². The SMILES string of the molecule is Cn1c(-c2ccccn2)nn(CCNC(=O)c2ccccc2C(F)(F)F)c1=O. The third-order valence-corrected chi connectivity index (χ3v) is 4.02. The first kappa shape index (κ1) is 19.3. The minimum atomic E-state index is -4.64. The number of rotatable bonds is 5. The Balaban J connectivity index is 1.71. The predicted octanol–water partition coefficient (Wildman–Crippen LogP) is 2.09. The van der Waals surface area contributed by atoms with E-state index in [4.69, 9.17) is 0 Å². The molecule has 3 rings (SSSR count). The van der Waals surface area contributed by atoms with E-state index in [0.717, 1.165) is 16.8 Å². The fourth-order valence-corrected chi connectivity index (χ4v) is 2.65. The number of hydrogen-bond donors (Lipinski definition) is 1. The second-order valence-electron chi connectivity index (χ2n) is 5.90. The van der Waals surface area contributed by atoms with Crippen molar-refractivity contribution in [2.75, 3.05) is 6.54 Å². The highest BCUT2D eigenvalue weighted by Gasteiger charge is 2.34. The van der Waals surface area contributed by atoms with E-state index < -0.39 is 28.9 Å². The molecule has 0 unspecified atom stereocenters. The van der Waals surface area contributed by atoms with Crippen LogP contribution in [0.3, 0.4) is 0 Å². The maximum atomic E-state index is 13.0. The van der Waals surface area contributed by atoms with Crippen LogP contribution in [0.4, 0.5) is 13.2 Å². The number of hydrogen-bond acceptors (Lipinski definition) is 4. The summed E-state index contributed by atoms with van der Waals surface area (Å²) in [6, 6.07) is 9.69. The van der Waals surface area contributed by atoms with Crippen molar-refractivity contribution in [1.29, 1.82) is 0 Å². The van der Waals surface area contributed by atoms with Crippen molar-refractivity contribution in [2.45, 2.75) is 12.7 Å². The summed E-state index contributed by atoms with van der Waals surface area (Å²) in [6.45, 7) is -0.0664. The monoisotopic (exact) mass is 391 g/mol. The molecule has 0 saturated carbocycles. The lowest BCUT2D eigenvalue weighted by molar-refractivity contribution is -0.137. The van der Waals surface area contributed by atoms with Crippen LogP contribution in [0.5, 0.6) is 0 Å². The molecule has 2 aromatic heterocycles. The zero-order valence-corrected chi connectivity index (χ0v) is 14.8. The van der Waals surface area contributed by atoms with Crippen molar-refractivity contribution >= 4 is 5.91 Å². The summed E-state index contributed by atoms with van der Waals surface area (Å²) < 4.78 is 41.5. The zero-order chi connectivity index (χ0) is 20.3. The first-order valence-electron chi connectivity index (χ1n) is 8.28. The highest BCUT2D eigenvalue weighted by Crippen LogP contribution is 2.31. The van der Waals surface area contributed by atoms with Crippen LogP contribution in [0.2, 0.25) is 0 Å². The lowest BCUT2D eigenvalue weighted by Crippen LogP contribution is -2.32. The molecule has 1 amide bonds. The van der Waals surface area contributed by atoms with Gasteiger partial charge in [0.2, 0.25) is 0 Å². The van der Waals surface area contributed by atoms with Crippen LogP contribution < -0.4 is 11.0 Å². The number of carbonyl (C=O) groups is 1. The number of benzene rings is 1. The van der Waals surface area contributed by atoms with Crippen LogP contribution >= 0.6 is 0 Å². The minimum Gasteiger partial charge on any atom is -0.350 e. The third kappa shape index (κ3) is 3.95. The molecular weight excluding hydrogens is 375 g/mol. The molecule has 0 atom stereocenters. The van der Waals surface area contributed by atoms with Gasteiger partial charge in [-0.1, -0.05) is 18.2 Å². The number of halogens is 3. The molecule has 1 aromatic carbocycles. The average Bonchev–Trinajstić information content (AvgIpc) is 2.96. The Hall–Kier alpha value is -3.43. The molecule has 28 heavy (non-hydrogen) atoms. The molecule has 0 spiro atoms. The van der Waals surface area contributed by atoms with Crippen LogP contribution in [-0.4, -0.2) is 31.8 Å². The van der Waals surface area contributed by atoms with Crippen LogP contribution in [0.15, 0.2) is 53.5 Å². The molecule has 0 aliphatic heterocycles. The zero-order valence-electron chi connectivity index (χ0n) is 14.8. The van der Waals surface area contributed by atoms with Gasteiger partial charge in [-0.05, 0) is 24.3 Å². The van der Waals surface area contributed by atoms with Crippen LogP contribution in [-0.2, 0) is 19.8 Å². The summed E-state index contributed by atoms with van der Waals surface area (Å²) in [5.74, 6) is -0.527. The Morgan fingerprint density at radius 1 is 1.14 bits per heavy atom. The van der Waals surface area contributed by atoms with E-state index in [2.05, 4.69) is 15.4 Å². The molecular formula is C18H16F3N5O2. The van der Waals surface area contributed by atoms with Gasteiger partial charge in [-0.15, -0.1) is 5.10 Å². The average molecular weight is 391 g/mol. The summed E-state index contributed by atoms with van der Waals surface area (Å²) in [4.78, 5) is 28.5. The molecule has 0 fully saturated rings. The molecule has 146 valence electrons. The van der Waals surface area contributed by atoms with Crippen LogP contribution in [0.1, 0.15) is 15.9 Å². The van der Waals surface area contributed by atoms with Gasteiger partial charge in [-0.25, -0.2) is 9.48 Å². The van der Waals surface area contributed by atoms with Crippen molar-refractivity contribution in [3.8, 4) is 11.5 Å². The van der Waals surface area contributed by atoms with E-state index in [9.17, 15) is 22.8 Å². The fraction of sp³-hybridized carbons (Fsp3) is 0.222. The Morgan fingerprint density at radius 2 is 1.86 bits per heavy atom. The smallest absolute Gasteiger partial charge is 0.350 e. The molecule has 2 heterocycles. The standard InChI is InChI=1S/C18H16F3N5O2/c1-25-15(14-8-4-5-9-22-14)24-26(17(25)28)11-10-23-16(27)12-6-2-3-7-13(12)18(19,20)21/h2-9H,10-11H2,1H3,(H,23,27). The number of aromatic nitrogens is 4. The number of pyridine rings is 1. The lowest BCUT2D eigenvalue weighted by Gasteiger charge is -2.12. The normalized spacial score (nSPS) is 11.4. The molecule has 7 nitrogen and oxygen atoms in total. The van der Waals surface area contributed by atoms with Crippen molar-refractivity contribution in [3.05, 3.63) is 70.3 Å². The van der Waals surface area contributed by atoms with Crippen LogP contribution in [0, 0.1) is 0 Å². The number of alkyl halides is 3. The third-order valence-electron chi connectivity index (χ3n) is 4.02. The van der Waals surface area contributed by atoms with E-state index >= 15 is 0 Å². The largest absolute Gasteiger partial charge is 0.417 e. The summed E-state index contributed by atoms with van der Waals surface area (Å²) in [6.07, 6.45) is -3.07. The van der Waals surface area contributed by atoms with E-state index in [1.165, 1.54) is 23.7 Å². The first-order valence-corrected chi connectivity index (χ1v) is 8.28. The van der Waals surface area contributed by atoms with Gasteiger partial charge in [0.25, 0.3) is 5.91 Å². The van der Waals surface area contributed by atoms with Crippen molar-refractivity contribution in [3.63, 3.8) is 0 Å². The fourth-order valence-electron chi connectivity index (χ4n) is 2.65. The molecule has 10 heteroatoms. The maximum Gasteiger partial charge on any atom is 0.417 e. The summed E-state index contributed by atoms with van der Waals surface area (Å²) in [7, 11) is 1.54. The van der Waals surface area contributed by atoms with Crippen molar-refractivity contribution in [1.82, 2.24) is 24.6 Å². The van der Waals surface area contributed by atoms with E-state index in [0.29, 0.717) is 11.5 Å². The Labute approximate surface area is 157 Å². The number of amides is 1. The number of nitrogens with zero attached hydrogens (tertiary/aromatic N) is 4. The van der Waals surface area contributed by atoms with E-state index in [1.54, 1.807) is 24.4 Å². The quantitative estimate of drug-likeness (QED) is 0.722. The Bertz CT molecular complexity index is 1040. The molecule has 0 saturated heterocycles. The van der Waals surface area contributed by atoms with Crippen molar-refractivity contribution < 1.29 is 18.0 Å². The van der Waals surface area contributed by atoms with Gasteiger partial charge < -0.3 is 5.32 Å². The second kappa shape index (κ2) is 7.67. The van der Waals surface area contributed by atoms with Crippen LogP contribution in [0.25, 0.3) is 11.5 Å².